The molecule has 0 bridgehead atoms. The quantitative estimate of drug-likeness (QED) is 0.687. The molecule has 4 heterocycles. The van der Waals surface area contributed by atoms with Crippen molar-refractivity contribution in [2.45, 2.75) is 25.4 Å². The third-order valence-corrected chi connectivity index (χ3v) is 3.37. The van der Waals surface area contributed by atoms with Crippen LogP contribution in [0.3, 0.4) is 0 Å². The van der Waals surface area contributed by atoms with Gasteiger partial charge in [-0.25, -0.2) is 24.6 Å². The van der Waals surface area contributed by atoms with E-state index in [1.54, 1.807) is 12.7 Å². The van der Waals surface area contributed by atoms with Gasteiger partial charge >= 0.3 is 0 Å². The summed E-state index contributed by atoms with van der Waals surface area (Å²) in [5.74, 6) is 1.84. The molecule has 19 heavy (non-hydrogen) atoms. The minimum Gasteiger partial charge on any atom is -0.364 e. The maximum absolute atomic E-state index is 4.28. The number of anilines is 1. The van der Waals surface area contributed by atoms with Gasteiger partial charge in [0.2, 0.25) is 0 Å². The number of aromatic amines is 1. The summed E-state index contributed by atoms with van der Waals surface area (Å²) in [5.41, 5.74) is 1.52. The standard InChI is InChI=1S/C11H12N8/c1-2-8-12-6-17-19(8)3-7(1)18-11-9-10(14-4-13-9)15-5-16-11/h4-7H,1-3H2,(H2,13,14,15,16,18). The summed E-state index contributed by atoms with van der Waals surface area (Å²) in [7, 11) is 0. The zero-order chi connectivity index (χ0) is 12.7. The first-order chi connectivity index (χ1) is 9.40. The molecule has 8 nitrogen and oxygen atoms in total. The molecule has 0 radical (unpaired) electrons. The van der Waals surface area contributed by atoms with Crippen LogP contribution in [0.15, 0.2) is 19.0 Å². The molecular formula is C11H12N8. The predicted octanol–water partition coefficient (Wildman–Crippen LogP) is 0.371. The smallest absolute Gasteiger partial charge is 0.182 e. The van der Waals surface area contributed by atoms with Crippen LogP contribution in [-0.4, -0.2) is 40.7 Å². The third-order valence-electron chi connectivity index (χ3n) is 3.37. The van der Waals surface area contributed by atoms with Gasteiger partial charge in [-0.15, -0.1) is 0 Å². The second-order valence-corrected chi connectivity index (χ2v) is 4.56. The maximum atomic E-state index is 4.28. The summed E-state index contributed by atoms with van der Waals surface area (Å²) >= 11 is 0. The van der Waals surface area contributed by atoms with Crippen LogP contribution in [0.2, 0.25) is 0 Å². The van der Waals surface area contributed by atoms with Gasteiger partial charge in [0.15, 0.2) is 11.5 Å². The van der Waals surface area contributed by atoms with E-state index in [1.165, 1.54) is 6.33 Å². The van der Waals surface area contributed by atoms with E-state index in [9.17, 15) is 0 Å². The Kier molecular flexibility index (Phi) is 2.20. The largest absolute Gasteiger partial charge is 0.364 e. The maximum Gasteiger partial charge on any atom is 0.182 e. The fourth-order valence-electron chi connectivity index (χ4n) is 2.42. The average molecular weight is 256 g/mol. The second-order valence-electron chi connectivity index (χ2n) is 4.56. The fourth-order valence-corrected chi connectivity index (χ4v) is 2.42. The van der Waals surface area contributed by atoms with E-state index in [-0.39, 0.29) is 6.04 Å². The molecule has 0 saturated heterocycles. The van der Waals surface area contributed by atoms with Gasteiger partial charge in [0, 0.05) is 12.5 Å². The highest BCUT2D eigenvalue weighted by atomic mass is 15.3. The van der Waals surface area contributed by atoms with Gasteiger partial charge in [0.1, 0.15) is 24.0 Å². The molecule has 8 heteroatoms. The lowest BCUT2D eigenvalue weighted by molar-refractivity contribution is 0.441. The lowest BCUT2D eigenvalue weighted by Gasteiger charge is -2.23. The Labute approximate surface area is 108 Å². The number of nitrogens with zero attached hydrogens (tertiary/aromatic N) is 6. The molecule has 3 aromatic rings. The zero-order valence-corrected chi connectivity index (χ0v) is 10.1. The highest BCUT2D eigenvalue weighted by molar-refractivity contribution is 5.82. The molecule has 1 aliphatic rings. The third kappa shape index (κ3) is 1.72. The number of imidazole rings is 1. The molecule has 96 valence electrons. The van der Waals surface area contributed by atoms with Gasteiger partial charge in [-0.05, 0) is 6.42 Å². The van der Waals surface area contributed by atoms with E-state index >= 15 is 0 Å². The van der Waals surface area contributed by atoms with Crippen LogP contribution in [0.4, 0.5) is 5.82 Å². The van der Waals surface area contributed by atoms with Crippen molar-refractivity contribution >= 4 is 17.0 Å². The lowest BCUT2D eigenvalue weighted by Crippen LogP contribution is -2.32. The average Bonchev–Trinajstić information content (AvgIpc) is 3.06. The van der Waals surface area contributed by atoms with Crippen molar-refractivity contribution in [3.8, 4) is 0 Å². The summed E-state index contributed by atoms with van der Waals surface area (Å²) in [6.07, 6.45) is 6.69. The van der Waals surface area contributed by atoms with E-state index in [0.717, 1.165) is 36.5 Å². The van der Waals surface area contributed by atoms with Crippen LogP contribution in [0.25, 0.3) is 11.2 Å². The van der Waals surface area contributed by atoms with Crippen LogP contribution in [0.5, 0.6) is 0 Å². The molecule has 1 aliphatic heterocycles. The van der Waals surface area contributed by atoms with Crippen molar-refractivity contribution in [2.75, 3.05) is 5.32 Å². The van der Waals surface area contributed by atoms with E-state index in [4.69, 9.17) is 0 Å². The molecule has 2 N–H and O–H groups in total. The molecule has 0 amide bonds. The Balaban J connectivity index is 1.61. The molecule has 0 aliphatic carbocycles. The monoisotopic (exact) mass is 256 g/mol. The van der Waals surface area contributed by atoms with Crippen molar-refractivity contribution in [3.63, 3.8) is 0 Å². The number of aromatic nitrogens is 7. The summed E-state index contributed by atoms with van der Waals surface area (Å²) in [4.78, 5) is 19.8. The van der Waals surface area contributed by atoms with E-state index in [0.29, 0.717) is 5.65 Å². The van der Waals surface area contributed by atoms with Gasteiger partial charge in [0.25, 0.3) is 0 Å². The normalized spacial score (nSPS) is 18.4. The van der Waals surface area contributed by atoms with Crippen LogP contribution < -0.4 is 5.32 Å². The van der Waals surface area contributed by atoms with Crippen LogP contribution in [0, 0.1) is 0 Å². The second kappa shape index (κ2) is 4.01. The summed E-state index contributed by atoms with van der Waals surface area (Å²) in [6, 6.07) is 0.288. The van der Waals surface area contributed by atoms with Crippen molar-refractivity contribution in [1.82, 2.24) is 34.7 Å². The minimum atomic E-state index is 0.288. The van der Waals surface area contributed by atoms with Gasteiger partial charge in [0.05, 0.1) is 12.9 Å². The number of nitrogens with one attached hydrogen (secondary N) is 2. The van der Waals surface area contributed by atoms with E-state index in [2.05, 4.69) is 35.3 Å². The van der Waals surface area contributed by atoms with Gasteiger partial charge in [-0.1, -0.05) is 0 Å². The molecule has 1 unspecified atom stereocenters. The Morgan fingerprint density at radius 2 is 2.21 bits per heavy atom. The van der Waals surface area contributed by atoms with Gasteiger partial charge < -0.3 is 10.3 Å². The lowest BCUT2D eigenvalue weighted by atomic mass is 10.1. The number of hydrogen-bond acceptors (Lipinski definition) is 6. The molecule has 1 atom stereocenters. The van der Waals surface area contributed by atoms with E-state index in [1.807, 2.05) is 4.68 Å². The zero-order valence-electron chi connectivity index (χ0n) is 10.1. The van der Waals surface area contributed by atoms with Crippen LogP contribution in [-0.2, 0) is 13.0 Å². The highest BCUT2D eigenvalue weighted by Crippen LogP contribution is 2.19. The molecule has 0 aromatic carbocycles. The first-order valence-electron chi connectivity index (χ1n) is 6.17. The van der Waals surface area contributed by atoms with Gasteiger partial charge in [-0.3, -0.25) is 0 Å². The SMILES string of the molecule is c1nc(NC2CCc3ncnn3C2)c2[nH]cnc2n1. The molecule has 3 aromatic heterocycles. The number of aryl methyl sites for hydroxylation is 1. The van der Waals surface area contributed by atoms with Crippen molar-refractivity contribution in [1.29, 1.82) is 0 Å². The summed E-state index contributed by atoms with van der Waals surface area (Å²) in [6.45, 7) is 0.801. The number of hydrogen-bond donors (Lipinski definition) is 2. The molecule has 0 spiro atoms. The Morgan fingerprint density at radius 1 is 1.21 bits per heavy atom. The van der Waals surface area contributed by atoms with Gasteiger partial charge in [-0.2, -0.15) is 5.10 Å². The summed E-state index contributed by atoms with van der Waals surface area (Å²) < 4.78 is 1.94. The number of H-pyrrole nitrogens is 1. The Hall–Kier alpha value is -2.51. The molecule has 4 rings (SSSR count). The fraction of sp³-hybridized carbons (Fsp3) is 0.364. The van der Waals surface area contributed by atoms with Crippen molar-refractivity contribution < 1.29 is 0 Å². The number of rotatable bonds is 2. The Morgan fingerprint density at radius 3 is 3.21 bits per heavy atom. The topological polar surface area (TPSA) is 97.2 Å². The molecule has 0 saturated carbocycles. The predicted molar refractivity (Wildman–Crippen MR) is 67.4 cm³/mol. The van der Waals surface area contributed by atoms with Crippen LogP contribution in [0.1, 0.15) is 12.2 Å². The first-order valence-corrected chi connectivity index (χ1v) is 6.17. The number of fused-ring (bicyclic) bond motifs is 2. The first kappa shape index (κ1) is 10.4. The molecule has 0 fully saturated rings. The minimum absolute atomic E-state index is 0.288. The van der Waals surface area contributed by atoms with E-state index < -0.39 is 0 Å². The molecular weight excluding hydrogens is 244 g/mol. The highest BCUT2D eigenvalue weighted by Gasteiger charge is 2.20. The van der Waals surface area contributed by atoms with Crippen LogP contribution >= 0.6 is 0 Å². The van der Waals surface area contributed by atoms with Crippen molar-refractivity contribution in [3.05, 3.63) is 24.8 Å². The Bertz CT molecular complexity index is 714. The van der Waals surface area contributed by atoms with Crippen molar-refractivity contribution in [2.24, 2.45) is 0 Å². The summed E-state index contributed by atoms with van der Waals surface area (Å²) in [5, 5.41) is 7.64.